The van der Waals surface area contributed by atoms with Gasteiger partial charge < -0.3 is 38.5 Å². The molecule has 1 rings (SSSR count). The lowest BCUT2D eigenvalue weighted by atomic mass is 10.1. The second-order valence-corrected chi connectivity index (χ2v) is 10.1. The Morgan fingerprint density at radius 2 is 1.35 bits per heavy atom. The molecular formula is C28H43NO11. The summed E-state index contributed by atoms with van der Waals surface area (Å²) in [6.07, 6.45) is -0.906. The van der Waals surface area contributed by atoms with Gasteiger partial charge in [0.2, 0.25) is 0 Å². The minimum Gasteiger partial charge on any atom is -0.468 e. The van der Waals surface area contributed by atoms with Crippen LogP contribution in [0.3, 0.4) is 0 Å². The second-order valence-electron chi connectivity index (χ2n) is 10.1. The highest BCUT2D eigenvalue weighted by Gasteiger charge is 2.27. The number of hydrogen-bond acceptors (Lipinski definition) is 12. The average Bonchev–Trinajstić information content (AvgIpc) is 2.89. The number of carbonyl (C=O) groups excluding carboxylic acids is 4. The molecule has 40 heavy (non-hydrogen) atoms. The fourth-order valence-corrected chi connectivity index (χ4v) is 2.87. The van der Waals surface area contributed by atoms with E-state index in [0.717, 1.165) is 0 Å². The van der Waals surface area contributed by atoms with Gasteiger partial charge in [0.15, 0.2) is 11.5 Å². The van der Waals surface area contributed by atoms with Crippen LogP contribution < -0.4 is 14.8 Å². The summed E-state index contributed by atoms with van der Waals surface area (Å²) in [5, 5.41) is 2.96. The van der Waals surface area contributed by atoms with Crippen molar-refractivity contribution in [2.45, 2.75) is 91.4 Å². The molecule has 0 heterocycles. The maximum atomic E-state index is 12.5. The highest BCUT2D eigenvalue weighted by molar-refractivity contribution is 5.76. The first-order chi connectivity index (χ1) is 18.8. The van der Waals surface area contributed by atoms with Gasteiger partial charge in [0.1, 0.15) is 23.9 Å². The molecule has 1 atom stereocenters. The van der Waals surface area contributed by atoms with Crippen molar-refractivity contribution in [2.24, 2.45) is 0 Å². The molecule has 1 aromatic rings. The summed E-state index contributed by atoms with van der Waals surface area (Å²) in [5.74, 6) is -0.745. The largest absolute Gasteiger partial charge is 0.514 e. The van der Waals surface area contributed by atoms with Crippen LogP contribution in [0, 0.1) is 0 Å². The van der Waals surface area contributed by atoms with Crippen LogP contribution in [0.4, 0.5) is 14.4 Å². The Bertz CT molecular complexity index is 990. The zero-order chi connectivity index (χ0) is 30.3. The Kier molecular flexibility index (Phi) is 14.3. The van der Waals surface area contributed by atoms with Crippen molar-refractivity contribution in [2.75, 3.05) is 26.9 Å². The van der Waals surface area contributed by atoms with Gasteiger partial charge in [-0.2, -0.15) is 0 Å². The first-order valence-electron chi connectivity index (χ1n) is 13.3. The zero-order valence-corrected chi connectivity index (χ0v) is 24.7. The summed E-state index contributed by atoms with van der Waals surface area (Å²) in [4.78, 5) is 48.8. The first kappa shape index (κ1) is 34.5. The molecule has 0 bridgehead atoms. The van der Waals surface area contributed by atoms with Gasteiger partial charge in [0, 0.05) is 6.54 Å². The number of hydrogen-bond donors (Lipinski definition) is 1. The van der Waals surface area contributed by atoms with Crippen molar-refractivity contribution >= 4 is 24.4 Å². The summed E-state index contributed by atoms with van der Waals surface area (Å²) in [6, 6.07) is 3.63. The maximum Gasteiger partial charge on any atom is 0.514 e. The second kappa shape index (κ2) is 16.5. The van der Waals surface area contributed by atoms with Gasteiger partial charge in [-0.05, 0) is 71.1 Å². The fraction of sp³-hybridized carbons (Fsp3) is 0.643. The van der Waals surface area contributed by atoms with Crippen molar-refractivity contribution in [3.8, 4) is 11.5 Å². The van der Waals surface area contributed by atoms with E-state index in [4.69, 9.17) is 33.2 Å². The van der Waals surface area contributed by atoms with Crippen molar-refractivity contribution in [3.63, 3.8) is 0 Å². The number of nitrogens with one attached hydrogen (secondary N) is 1. The topological polar surface area (TPSA) is 145 Å². The number of carbonyl (C=O) groups is 4. The minimum absolute atomic E-state index is 0.0353. The highest BCUT2D eigenvalue weighted by Crippen LogP contribution is 2.31. The molecule has 0 amide bonds. The van der Waals surface area contributed by atoms with E-state index in [-0.39, 0.29) is 37.7 Å². The summed E-state index contributed by atoms with van der Waals surface area (Å²) < 4.78 is 36.1. The normalized spacial score (nSPS) is 12.1. The number of esters is 1. The molecule has 12 heteroatoms. The third kappa shape index (κ3) is 13.0. The predicted octanol–water partition coefficient (Wildman–Crippen LogP) is 5.33. The average molecular weight is 570 g/mol. The third-order valence-corrected chi connectivity index (χ3v) is 5.88. The number of ether oxygens (including phenoxy) is 7. The number of methoxy groups -OCH3 is 1. The van der Waals surface area contributed by atoms with E-state index in [1.807, 2.05) is 20.8 Å². The molecule has 0 fully saturated rings. The zero-order valence-electron chi connectivity index (χ0n) is 24.7. The summed E-state index contributed by atoms with van der Waals surface area (Å²) in [6.45, 7) is 12.9. The Labute approximate surface area is 235 Å². The van der Waals surface area contributed by atoms with Crippen LogP contribution in [-0.2, 0) is 34.9 Å². The highest BCUT2D eigenvalue weighted by atomic mass is 16.8. The van der Waals surface area contributed by atoms with Crippen molar-refractivity contribution in [1.82, 2.24) is 5.32 Å². The van der Waals surface area contributed by atoms with Crippen LogP contribution in [0.25, 0.3) is 0 Å². The Morgan fingerprint density at radius 1 is 0.800 bits per heavy atom. The van der Waals surface area contributed by atoms with E-state index in [0.29, 0.717) is 24.8 Å². The van der Waals surface area contributed by atoms with Gasteiger partial charge in [-0.3, -0.25) is 4.79 Å². The first-order valence-corrected chi connectivity index (χ1v) is 13.3. The van der Waals surface area contributed by atoms with Crippen LogP contribution in [-0.4, -0.2) is 68.5 Å². The smallest absolute Gasteiger partial charge is 0.468 e. The van der Waals surface area contributed by atoms with E-state index in [2.05, 4.69) is 5.32 Å². The van der Waals surface area contributed by atoms with Crippen LogP contribution in [0.2, 0.25) is 0 Å². The van der Waals surface area contributed by atoms with Crippen molar-refractivity contribution in [3.05, 3.63) is 23.8 Å². The van der Waals surface area contributed by atoms with Gasteiger partial charge in [0.25, 0.3) is 0 Å². The van der Waals surface area contributed by atoms with Gasteiger partial charge in [-0.1, -0.05) is 26.8 Å². The van der Waals surface area contributed by atoms with Gasteiger partial charge in [0.05, 0.1) is 13.7 Å². The van der Waals surface area contributed by atoms with E-state index >= 15 is 0 Å². The molecular weight excluding hydrogens is 526 g/mol. The predicted molar refractivity (Wildman–Crippen MR) is 145 cm³/mol. The maximum absolute atomic E-state index is 12.5. The summed E-state index contributed by atoms with van der Waals surface area (Å²) in [5.41, 5.74) is -1.01. The molecule has 226 valence electrons. The van der Waals surface area contributed by atoms with E-state index in [1.54, 1.807) is 33.8 Å². The molecule has 0 aliphatic carbocycles. The van der Waals surface area contributed by atoms with Crippen LogP contribution >= 0.6 is 0 Å². The Morgan fingerprint density at radius 3 is 1.88 bits per heavy atom. The van der Waals surface area contributed by atoms with Crippen molar-refractivity contribution in [1.29, 1.82) is 0 Å². The monoisotopic (exact) mass is 569 g/mol. The van der Waals surface area contributed by atoms with Crippen LogP contribution in [0.1, 0.15) is 73.3 Å². The summed E-state index contributed by atoms with van der Waals surface area (Å²) in [7, 11) is 1.25. The quantitative estimate of drug-likeness (QED) is 0.126. The molecule has 0 saturated carbocycles. The van der Waals surface area contributed by atoms with E-state index in [9.17, 15) is 19.2 Å². The van der Waals surface area contributed by atoms with E-state index in [1.165, 1.54) is 19.2 Å². The Hall–Kier alpha value is -3.54. The van der Waals surface area contributed by atoms with Crippen LogP contribution in [0.5, 0.6) is 11.5 Å². The van der Waals surface area contributed by atoms with Gasteiger partial charge >= 0.3 is 24.4 Å². The molecule has 1 N–H and O–H groups in total. The lowest BCUT2D eigenvalue weighted by molar-refractivity contribution is -0.143. The molecule has 1 aromatic carbocycles. The molecule has 0 aliphatic heterocycles. The third-order valence-electron chi connectivity index (χ3n) is 5.88. The molecule has 0 aromatic heterocycles. The summed E-state index contributed by atoms with van der Waals surface area (Å²) >= 11 is 0. The van der Waals surface area contributed by atoms with Crippen LogP contribution in [0.15, 0.2) is 18.2 Å². The minimum atomic E-state index is -0.995. The molecule has 0 radical (unpaired) electrons. The number of rotatable bonds is 15. The number of benzene rings is 1. The lowest BCUT2D eigenvalue weighted by Crippen LogP contribution is -2.41. The molecule has 0 aliphatic rings. The molecule has 12 nitrogen and oxygen atoms in total. The molecule has 0 unspecified atom stereocenters. The fourth-order valence-electron chi connectivity index (χ4n) is 2.87. The van der Waals surface area contributed by atoms with E-state index < -0.39 is 41.7 Å². The van der Waals surface area contributed by atoms with Gasteiger partial charge in [-0.25, -0.2) is 14.4 Å². The standard InChI is InChI=1S/C28H43NO11/c1-9-15-35-24(31)36-16-14-29-20(23(30)34-8)17-19-12-13-21(37-25(32)39-27(4,5)10-2)22(18-19)38-26(33)40-28(6,7)11-3/h12-13,18,20,29H,9-11,14-17H2,1-8H3/t20-/m0/s1. The molecule has 0 saturated heterocycles. The van der Waals surface area contributed by atoms with Gasteiger partial charge in [-0.15, -0.1) is 0 Å². The molecule has 0 spiro atoms. The Balaban J connectivity index is 3.09. The SMILES string of the molecule is CCCOC(=O)OCCN[C@@H](Cc1ccc(OC(=O)OC(C)(C)CC)c(OC(=O)OC(C)(C)CC)c1)C(=O)OC. The lowest BCUT2D eigenvalue weighted by Gasteiger charge is -2.24. The van der Waals surface area contributed by atoms with Crippen molar-refractivity contribution < 1.29 is 52.3 Å².